The summed E-state index contributed by atoms with van der Waals surface area (Å²) >= 11 is 13.5. The second-order valence-electron chi connectivity index (χ2n) is 7.17. The highest BCUT2D eigenvalue weighted by molar-refractivity contribution is 7.99. The van der Waals surface area contributed by atoms with Gasteiger partial charge >= 0.3 is 0 Å². The SMILES string of the molecule is COc1ccc(S(=O)(=O)N(CC(=O)NCCCSc2ccc(Cl)cc2)c2ccc(Cl)cc2)cc1. The van der Waals surface area contributed by atoms with Crippen molar-refractivity contribution in [2.24, 2.45) is 0 Å². The van der Waals surface area contributed by atoms with E-state index in [9.17, 15) is 13.2 Å². The molecule has 34 heavy (non-hydrogen) atoms. The molecule has 180 valence electrons. The molecule has 3 rings (SSSR count). The first kappa shape index (κ1) is 26.2. The van der Waals surface area contributed by atoms with E-state index in [1.165, 1.54) is 19.2 Å². The number of nitrogens with one attached hydrogen (secondary N) is 1. The van der Waals surface area contributed by atoms with Gasteiger partial charge in [-0.3, -0.25) is 9.10 Å². The number of sulfonamides is 1. The maximum atomic E-state index is 13.4. The Morgan fingerprint density at radius 2 is 1.53 bits per heavy atom. The van der Waals surface area contributed by atoms with E-state index in [-0.39, 0.29) is 11.4 Å². The van der Waals surface area contributed by atoms with E-state index in [1.807, 2.05) is 24.3 Å². The maximum absolute atomic E-state index is 13.4. The molecular weight excluding hydrogens is 515 g/mol. The number of thioether (sulfide) groups is 1. The van der Waals surface area contributed by atoms with Gasteiger partial charge in [-0.05, 0) is 85.0 Å². The smallest absolute Gasteiger partial charge is 0.264 e. The molecule has 0 radical (unpaired) electrons. The Hall–Kier alpha value is -2.39. The standard InChI is InChI=1S/C24H24Cl2N2O4S2/c1-32-21-9-13-23(14-10-21)34(30,31)28(20-7-3-18(25)4-8-20)17-24(29)27-15-2-16-33-22-11-5-19(26)6-12-22/h3-14H,2,15-17H2,1H3,(H,27,29). The van der Waals surface area contributed by atoms with E-state index in [0.717, 1.165) is 21.4 Å². The Bertz CT molecular complexity index is 1190. The van der Waals surface area contributed by atoms with Crippen LogP contribution in [0.3, 0.4) is 0 Å². The van der Waals surface area contributed by atoms with Crippen LogP contribution in [0.25, 0.3) is 0 Å². The van der Waals surface area contributed by atoms with Crippen molar-refractivity contribution in [1.82, 2.24) is 5.32 Å². The molecule has 0 heterocycles. The Labute approximate surface area is 214 Å². The average Bonchev–Trinajstić information content (AvgIpc) is 2.84. The number of amides is 1. The van der Waals surface area contributed by atoms with Gasteiger partial charge in [0.2, 0.25) is 5.91 Å². The van der Waals surface area contributed by atoms with Crippen molar-refractivity contribution < 1.29 is 17.9 Å². The number of methoxy groups -OCH3 is 1. The predicted molar refractivity (Wildman–Crippen MR) is 139 cm³/mol. The molecule has 6 nitrogen and oxygen atoms in total. The number of hydrogen-bond donors (Lipinski definition) is 1. The third kappa shape index (κ3) is 7.30. The summed E-state index contributed by atoms with van der Waals surface area (Å²) in [4.78, 5) is 13.8. The summed E-state index contributed by atoms with van der Waals surface area (Å²) < 4.78 is 32.9. The second-order valence-corrected chi connectivity index (χ2v) is 11.1. The van der Waals surface area contributed by atoms with Crippen LogP contribution in [0.4, 0.5) is 5.69 Å². The van der Waals surface area contributed by atoms with Crippen LogP contribution in [0.15, 0.2) is 82.6 Å². The number of nitrogens with zero attached hydrogens (tertiary/aromatic N) is 1. The molecule has 0 aliphatic carbocycles. The summed E-state index contributed by atoms with van der Waals surface area (Å²) in [6.07, 6.45) is 0.727. The first-order valence-electron chi connectivity index (χ1n) is 10.4. The van der Waals surface area contributed by atoms with E-state index in [4.69, 9.17) is 27.9 Å². The second kappa shape index (κ2) is 12.4. The molecule has 0 spiro atoms. The van der Waals surface area contributed by atoms with Crippen molar-refractivity contribution in [1.29, 1.82) is 0 Å². The van der Waals surface area contributed by atoms with Gasteiger partial charge in [-0.15, -0.1) is 11.8 Å². The van der Waals surface area contributed by atoms with Crippen molar-refractivity contribution in [2.75, 3.05) is 30.3 Å². The van der Waals surface area contributed by atoms with Crippen molar-refractivity contribution in [3.63, 3.8) is 0 Å². The molecule has 0 atom stereocenters. The molecule has 0 saturated carbocycles. The van der Waals surface area contributed by atoms with Crippen LogP contribution < -0.4 is 14.4 Å². The van der Waals surface area contributed by atoms with Gasteiger partial charge < -0.3 is 10.1 Å². The fraction of sp³-hybridized carbons (Fsp3) is 0.208. The molecule has 0 bridgehead atoms. The number of carbonyl (C=O) groups excluding carboxylic acids is 1. The van der Waals surface area contributed by atoms with E-state index in [1.54, 1.807) is 48.2 Å². The fourth-order valence-corrected chi connectivity index (χ4v) is 5.53. The van der Waals surface area contributed by atoms with E-state index in [0.29, 0.717) is 28.0 Å². The van der Waals surface area contributed by atoms with E-state index < -0.39 is 15.9 Å². The molecule has 0 fully saturated rings. The lowest BCUT2D eigenvalue weighted by atomic mass is 10.3. The molecule has 3 aromatic carbocycles. The highest BCUT2D eigenvalue weighted by atomic mass is 35.5. The van der Waals surface area contributed by atoms with Gasteiger partial charge in [0.1, 0.15) is 12.3 Å². The van der Waals surface area contributed by atoms with Crippen molar-refractivity contribution >= 4 is 56.6 Å². The summed E-state index contributed by atoms with van der Waals surface area (Å²) in [6, 6.07) is 19.9. The maximum Gasteiger partial charge on any atom is 0.264 e. The third-order valence-electron chi connectivity index (χ3n) is 4.77. The number of ether oxygens (including phenoxy) is 1. The molecule has 0 saturated heterocycles. The summed E-state index contributed by atoms with van der Waals surface area (Å²) in [7, 11) is -2.50. The van der Waals surface area contributed by atoms with Crippen molar-refractivity contribution in [2.45, 2.75) is 16.2 Å². The predicted octanol–water partition coefficient (Wildman–Crippen LogP) is 5.50. The van der Waals surface area contributed by atoms with Crippen LogP contribution in [-0.4, -0.2) is 40.3 Å². The lowest BCUT2D eigenvalue weighted by molar-refractivity contribution is -0.119. The highest BCUT2D eigenvalue weighted by Crippen LogP contribution is 2.26. The summed E-state index contributed by atoms with van der Waals surface area (Å²) in [5.74, 6) is 0.933. The van der Waals surface area contributed by atoms with Gasteiger partial charge in [-0.2, -0.15) is 0 Å². The number of carbonyl (C=O) groups is 1. The molecule has 0 aliphatic rings. The lowest BCUT2D eigenvalue weighted by Crippen LogP contribution is -2.41. The zero-order valence-corrected chi connectivity index (χ0v) is 21.6. The lowest BCUT2D eigenvalue weighted by Gasteiger charge is -2.24. The van der Waals surface area contributed by atoms with Crippen LogP contribution in [0.5, 0.6) is 5.75 Å². The van der Waals surface area contributed by atoms with Gasteiger partial charge in [0.15, 0.2) is 0 Å². The van der Waals surface area contributed by atoms with E-state index >= 15 is 0 Å². The van der Waals surface area contributed by atoms with Gasteiger partial charge in [-0.25, -0.2) is 8.42 Å². The molecule has 1 amide bonds. The first-order chi connectivity index (χ1) is 16.3. The number of rotatable bonds is 11. The van der Waals surface area contributed by atoms with Gasteiger partial charge in [0.25, 0.3) is 10.0 Å². The molecule has 0 aliphatic heterocycles. The Balaban J connectivity index is 1.64. The minimum atomic E-state index is -4.00. The number of halogens is 2. The molecule has 1 N–H and O–H groups in total. The number of hydrogen-bond acceptors (Lipinski definition) is 5. The van der Waals surface area contributed by atoms with Crippen LogP contribution in [-0.2, 0) is 14.8 Å². The summed E-state index contributed by atoms with van der Waals surface area (Å²) in [5.41, 5.74) is 0.341. The van der Waals surface area contributed by atoms with Gasteiger partial charge in [0.05, 0.1) is 17.7 Å². The quantitative estimate of drug-likeness (QED) is 0.258. The van der Waals surface area contributed by atoms with Crippen LogP contribution in [0, 0.1) is 0 Å². The molecule has 10 heteroatoms. The zero-order valence-electron chi connectivity index (χ0n) is 18.4. The number of benzene rings is 3. The fourth-order valence-electron chi connectivity index (χ4n) is 3.00. The summed E-state index contributed by atoms with van der Waals surface area (Å²) in [5, 5.41) is 3.96. The average molecular weight is 540 g/mol. The van der Waals surface area contributed by atoms with Crippen LogP contribution in [0.1, 0.15) is 6.42 Å². The molecule has 3 aromatic rings. The largest absolute Gasteiger partial charge is 0.497 e. The first-order valence-corrected chi connectivity index (χ1v) is 13.5. The highest BCUT2D eigenvalue weighted by Gasteiger charge is 2.27. The summed E-state index contributed by atoms with van der Waals surface area (Å²) in [6.45, 7) is 0.0663. The normalized spacial score (nSPS) is 11.1. The van der Waals surface area contributed by atoms with Gasteiger partial charge in [-0.1, -0.05) is 23.2 Å². The molecule has 0 aromatic heterocycles. The Morgan fingerprint density at radius 1 is 0.941 bits per heavy atom. The van der Waals surface area contributed by atoms with Crippen molar-refractivity contribution in [3.05, 3.63) is 82.8 Å². The number of anilines is 1. The van der Waals surface area contributed by atoms with Gasteiger partial charge in [0, 0.05) is 21.5 Å². The minimum absolute atomic E-state index is 0.0513. The zero-order chi connectivity index (χ0) is 24.6. The monoisotopic (exact) mass is 538 g/mol. The molecule has 0 unspecified atom stereocenters. The Morgan fingerprint density at radius 3 is 2.12 bits per heavy atom. The van der Waals surface area contributed by atoms with Crippen molar-refractivity contribution in [3.8, 4) is 5.75 Å². The van der Waals surface area contributed by atoms with E-state index in [2.05, 4.69) is 5.32 Å². The van der Waals surface area contributed by atoms with Crippen LogP contribution in [0.2, 0.25) is 10.0 Å². The third-order valence-corrected chi connectivity index (χ3v) is 8.17. The van der Waals surface area contributed by atoms with Crippen LogP contribution >= 0.6 is 35.0 Å². The Kier molecular flexibility index (Phi) is 9.53. The minimum Gasteiger partial charge on any atom is -0.497 e. The topological polar surface area (TPSA) is 75.7 Å². The molecular formula is C24H24Cl2N2O4S2.